The van der Waals surface area contributed by atoms with Crippen LogP contribution in [0.25, 0.3) is 5.69 Å². The number of halogens is 3. The monoisotopic (exact) mass is 488 g/mol. The maximum Gasteiger partial charge on any atom is 0.425 e. The Morgan fingerprint density at radius 1 is 1.06 bits per heavy atom. The number of benzene rings is 2. The Morgan fingerprint density at radius 3 is 2.31 bits per heavy atom. The number of aryl methyl sites for hydroxylation is 1. The predicted molar refractivity (Wildman–Crippen MR) is 118 cm³/mol. The summed E-state index contributed by atoms with van der Waals surface area (Å²) in [5.74, 6) is -3.08. The van der Waals surface area contributed by atoms with Crippen LogP contribution in [0.2, 0.25) is 0 Å². The molecule has 0 saturated heterocycles. The van der Waals surface area contributed by atoms with Gasteiger partial charge in [0.1, 0.15) is 17.1 Å². The zero-order chi connectivity index (χ0) is 25.4. The van der Waals surface area contributed by atoms with Gasteiger partial charge in [0, 0.05) is 6.42 Å². The second-order valence-corrected chi connectivity index (χ2v) is 7.75. The lowest BCUT2D eigenvalue weighted by molar-refractivity contribution is -0.200. The minimum atomic E-state index is -5.40. The van der Waals surface area contributed by atoms with Gasteiger partial charge in [0.25, 0.3) is 11.5 Å². The number of nitrogens with zero attached hydrogens (tertiary/aromatic N) is 1. The van der Waals surface area contributed by atoms with Crippen LogP contribution in [-0.2, 0) is 21.5 Å². The van der Waals surface area contributed by atoms with E-state index in [0.717, 1.165) is 4.57 Å². The summed E-state index contributed by atoms with van der Waals surface area (Å²) in [6, 6.07) is 14.2. The van der Waals surface area contributed by atoms with Crippen LogP contribution in [0.1, 0.15) is 17.5 Å². The first-order valence-corrected chi connectivity index (χ1v) is 10.4. The van der Waals surface area contributed by atoms with Gasteiger partial charge in [-0.2, -0.15) is 13.2 Å². The number of methoxy groups -OCH3 is 1. The van der Waals surface area contributed by atoms with Crippen molar-refractivity contribution in [3.8, 4) is 11.4 Å². The zero-order valence-corrected chi connectivity index (χ0v) is 18.2. The summed E-state index contributed by atoms with van der Waals surface area (Å²) in [5, 5.41) is 3.72. The molecule has 182 valence electrons. The molecule has 0 unspecified atom stereocenters. The summed E-state index contributed by atoms with van der Waals surface area (Å²) in [6.07, 6.45) is -5.67. The second kappa shape index (κ2) is 8.78. The number of aromatic nitrogens is 2. The van der Waals surface area contributed by atoms with E-state index in [1.807, 2.05) is 10.3 Å². The smallest absolute Gasteiger partial charge is 0.425 e. The Kier molecular flexibility index (Phi) is 5.97. The van der Waals surface area contributed by atoms with Gasteiger partial charge in [0.15, 0.2) is 0 Å². The molecule has 2 heterocycles. The van der Waals surface area contributed by atoms with Crippen LogP contribution in [0.15, 0.2) is 64.2 Å². The highest BCUT2D eigenvalue weighted by atomic mass is 19.4. The number of fused-ring (bicyclic) bond motifs is 1. The molecular formula is C23H19F3N4O5. The second-order valence-electron chi connectivity index (χ2n) is 7.75. The quantitative estimate of drug-likeness (QED) is 0.490. The number of hydrogen-bond donors (Lipinski definition) is 3. The molecule has 4 rings (SSSR count). The van der Waals surface area contributed by atoms with Crippen molar-refractivity contribution in [2.45, 2.75) is 24.6 Å². The van der Waals surface area contributed by atoms with Crippen molar-refractivity contribution in [3.63, 3.8) is 0 Å². The van der Waals surface area contributed by atoms with Gasteiger partial charge in [-0.1, -0.05) is 30.3 Å². The molecule has 0 bridgehead atoms. The van der Waals surface area contributed by atoms with Crippen LogP contribution in [0, 0.1) is 0 Å². The number of rotatable bonds is 6. The van der Waals surface area contributed by atoms with Crippen molar-refractivity contribution >= 4 is 17.6 Å². The first kappa shape index (κ1) is 23.8. The fourth-order valence-electron chi connectivity index (χ4n) is 3.93. The maximum atomic E-state index is 14.4. The predicted octanol–water partition coefficient (Wildman–Crippen LogP) is 1.99. The van der Waals surface area contributed by atoms with Crippen molar-refractivity contribution < 1.29 is 27.5 Å². The van der Waals surface area contributed by atoms with E-state index in [0.29, 0.717) is 11.3 Å². The number of anilines is 1. The van der Waals surface area contributed by atoms with Gasteiger partial charge in [-0.3, -0.25) is 19.4 Å². The number of H-pyrrole nitrogens is 1. The molecule has 2 amide bonds. The molecule has 1 aliphatic heterocycles. The van der Waals surface area contributed by atoms with Crippen LogP contribution in [-0.4, -0.2) is 34.7 Å². The largest absolute Gasteiger partial charge is 0.497 e. The SMILES string of the molecule is COc1ccc(-n2c3c(c(=O)[nH]c2=O)[C@@](NC(=O)CCc2ccccc2)(C(F)(F)F)C(=O)N3)cc1. The van der Waals surface area contributed by atoms with E-state index in [9.17, 15) is 32.3 Å². The van der Waals surface area contributed by atoms with E-state index < -0.39 is 46.2 Å². The third-order valence-electron chi connectivity index (χ3n) is 5.62. The third-order valence-corrected chi connectivity index (χ3v) is 5.62. The van der Waals surface area contributed by atoms with Gasteiger partial charge in [-0.15, -0.1) is 0 Å². The van der Waals surface area contributed by atoms with Gasteiger partial charge in [-0.25, -0.2) is 9.36 Å². The minimum Gasteiger partial charge on any atom is -0.497 e. The molecule has 1 aromatic heterocycles. The van der Waals surface area contributed by atoms with Crippen LogP contribution in [0.4, 0.5) is 19.0 Å². The van der Waals surface area contributed by atoms with E-state index in [2.05, 4.69) is 0 Å². The summed E-state index contributed by atoms with van der Waals surface area (Å²) < 4.78 is 49.1. The number of carbonyl (C=O) groups is 2. The van der Waals surface area contributed by atoms with Gasteiger partial charge in [0.05, 0.1) is 12.8 Å². The lowest BCUT2D eigenvalue weighted by Gasteiger charge is -2.30. The van der Waals surface area contributed by atoms with Crippen LogP contribution < -0.4 is 26.6 Å². The number of aromatic amines is 1. The Labute approximate surface area is 195 Å². The fourth-order valence-corrected chi connectivity index (χ4v) is 3.93. The summed E-state index contributed by atoms with van der Waals surface area (Å²) in [4.78, 5) is 52.5. The van der Waals surface area contributed by atoms with Crippen molar-refractivity contribution in [1.29, 1.82) is 0 Å². The molecule has 35 heavy (non-hydrogen) atoms. The lowest BCUT2D eigenvalue weighted by Crippen LogP contribution is -2.62. The van der Waals surface area contributed by atoms with Crippen molar-refractivity contribution in [2.24, 2.45) is 0 Å². The molecule has 0 saturated carbocycles. The molecule has 0 spiro atoms. The molecule has 0 radical (unpaired) electrons. The molecule has 9 nitrogen and oxygen atoms in total. The summed E-state index contributed by atoms with van der Waals surface area (Å²) in [6.45, 7) is 0. The van der Waals surface area contributed by atoms with Crippen LogP contribution >= 0.6 is 0 Å². The minimum absolute atomic E-state index is 0.0528. The third kappa shape index (κ3) is 4.07. The molecule has 0 fully saturated rings. The molecule has 1 aliphatic rings. The summed E-state index contributed by atoms with van der Waals surface area (Å²) in [5.41, 5.74) is -6.59. The summed E-state index contributed by atoms with van der Waals surface area (Å²) in [7, 11) is 1.40. The molecule has 3 N–H and O–H groups in total. The van der Waals surface area contributed by atoms with Crippen molar-refractivity contribution in [1.82, 2.24) is 14.9 Å². The normalized spacial score (nSPS) is 17.0. The molecule has 2 aromatic carbocycles. The van der Waals surface area contributed by atoms with E-state index >= 15 is 0 Å². The topological polar surface area (TPSA) is 122 Å². The first-order chi connectivity index (χ1) is 16.6. The number of ether oxygens (including phenoxy) is 1. The highest BCUT2D eigenvalue weighted by Crippen LogP contribution is 2.45. The molecule has 3 aromatic rings. The van der Waals surface area contributed by atoms with Crippen molar-refractivity contribution in [2.75, 3.05) is 12.4 Å². The number of hydrogen-bond acceptors (Lipinski definition) is 5. The number of nitrogens with one attached hydrogen (secondary N) is 3. The molecule has 0 aliphatic carbocycles. The Balaban J connectivity index is 1.81. The maximum absolute atomic E-state index is 14.4. The molecule has 1 atom stereocenters. The Morgan fingerprint density at radius 2 is 1.71 bits per heavy atom. The number of carbonyl (C=O) groups excluding carboxylic acids is 2. The van der Waals surface area contributed by atoms with Gasteiger partial charge >= 0.3 is 11.9 Å². The average Bonchev–Trinajstić information content (AvgIpc) is 3.11. The van der Waals surface area contributed by atoms with Crippen LogP contribution in [0.3, 0.4) is 0 Å². The zero-order valence-electron chi connectivity index (χ0n) is 18.2. The lowest BCUT2D eigenvalue weighted by atomic mass is 9.91. The Hall–Kier alpha value is -4.35. The van der Waals surface area contributed by atoms with Crippen LogP contribution in [0.5, 0.6) is 5.75 Å². The summed E-state index contributed by atoms with van der Waals surface area (Å²) >= 11 is 0. The highest BCUT2D eigenvalue weighted by molar-refractivity contribution is 6.07. The van der Waals surface area contributed by atoms with E-state index in [4.69, 9.17) is 4.74 Å². The number of alkyl halides is 3. The van der Waals surface area contributed by atoms with Gasteiger partial charge < -0.3 is 15.4 Å². The average molecular weight is 488 g/mol. The van der Waals surface area contributed by atoms with Crippen molar-refractivity contribution in [3.05, 3.63) is 86.6 Å². The standard InChI is InChI=1S/C23H19F3N4O5/c1-35-15-10-8-14(9-11-15)30-18-17(19(32)28-21(30)34)22(20(33)27-18,23(24,25)26)29-16(31)12-7-13-5-3-2-4-6-13/h2-6,8-11H,7,12H2,1H3,(H,27,33)(H,29,31)(H,28,32,34)/t22-/m0/s1. The van der Waals surface area contributed by atoms with E-state index in [1.54, 1.807) is 35.6 Å². The first-order valence-electron chi connectivity index (χ1n) is 10.4. The highest BCUT2D eigenvalue weighted by Gasteiger charge is 2.68. The van der Waals surface area contributed by atoms with Gasteiger partial charge in [0.2, 0.25) is 11.4 Å². The molecule has 12 heteroatoms. The van der Waals surface area contributed by atoms with Gasteiger partial charge in [-0.05, 0) is 36.2 Å². The van der Waals surface area contributed by atoms with E-state index in [1.165, 1.54) is 31.4 Å². The molecular weight excluding hydrogens is 469 g/mol. The number of amides is 2. The van der Waals surface area contributed by atoms with E-state index in [-0.39, 0.29) is 18.5 Å². The fraction of sp³-hybridized carbons (Fsp3) is 0.217. The Bertz CT molecular complexity index is 1400.